The van der Waals surface area contributed by atoms with Crippen molar-refractivity contribution in [2.45, 2.75) is 25.2 Å². The molecule has 0 spiro atoms. The maximum Gasteiger partial charge on any atom is 0.127 e. The molecule has 1 unspecified atom stereocenters. The van der Waals surface area contributed by atoms with Gasteiger partial charge in [-0.15, -0.1) is 0 Å². The summed E-state index contributed by atoms with van der Waals surface area (Å²) in [6.45, 7) is 0. The number of aldehydes is 1. The third-order valence-electron chi connectivity index (χ3n) is 3.31. The monoisotopic (exact) mass is 204 g/mol. The molecule has 1 aliphatic carbocycles. The van der Waals surface area contributed by atoms with Gasteiger partial charge in [0.1, 0.15) is 12.0 Å². The normalized spacial score (nSPS) is 17.9. The van der Waals surface area contributed by atoms with Crippen LogP contribution in [0.5, 0.6) is 5.75 Å². The summed E-state index contributed by atoms with van der Waals surface area (Å²) in [5.41, 5.74) is 1.12. The molecule has 2 rings (SSSR count). The summed E-state index contributed by atoms with van der Waals surface area (Å²) in [4.78, 5) is 11.1. The molecule has 1 aliphatic rings. The average Bonchev–Trinajstić information content (AvgIpc) is 2.23. The van der Waals surface area contributed by atoms with Crippen LogP contribution in [-0.4, -0.2) is 13.4 Å². The van der Waals surface area contributed by atoms with Crippen LogP contribution in [0, 0.1) is 5.92 Å². The smallest absolute Gasteiger partial charge is 0.127 e. The molecule has 0 heterocycles. The zero-order chi connectivity index (χ0) is 10.7. The van der Waals surface area contributed by atoms with E-state index in [9.17, 15) is 4.79 Å². The van der Waals surface area contributed by atoms with Crippen LogP contribution in [0.3, 0.4) is 0 Å². The van der Waals surface area contributed by atoms with Gasteiger partial charge in [-0.05, 0) is 36.5 Å². The van der Waals surface area contributed by atoms with Crippen molar-refractivity contribution >= 4 is 6.29 Å². The lowest BCUT2D eigenvalue weighted by Crippen LogP contribution is -2.21. The Bertz CT molecular complexity index is 325. The quantitative estimate of drug-likeness (QED) is 0.705. The summed E-state index contributed by atoms with van der Waals surface area (Å²) in [6, 6.07) is 7.83. The van der Waals surface area contributed by atoms with Crippen molar-refractivity contribution in [3.05, 3.63) is 29.8 Å². The second kappa shape index (κ2) is 4.47. The summed E-state index contributed by atoms with van der Waals surface area (Å²) in [6.07, 6.45) is 4.74. The van der Waals surface area contributed by atoms with E-state index in [1.54, 1.807) is 7.11 Å². The summed E-state index contributed by atoms with van der Waals surface area (Å²) in [7, 11) is 1.65. The van der Waals surface area contributed by atoms with Gasteiger partial charge in [0.2, 0.25) is 0 Å². The molecule has 1 atom stereocenters. The molecule has 1 saturated carbocycles. The van der Waals surface area contributed by atoms with Crippen molar-refractivity contribution in [2.24, 2.45) is 5.92 Å². The Balaban J connectivity index is 2.14. The number of rotatable bonds is 4. The van der Waals surface area contributed by atoms with Crippen LogP contribution in [0.15, 0.2) is 24.3 Å². The molecule has 2 heteroatoms. The Kier molecular flexibility index (Phi) is 3.05. The highest BCUT2D eigenvalue weighted by Gasteiger charge is 2.27. The zero-order valence-electron chi connectivity index (χ0n) is 8.98. The van der Waals surface area contributed by atoms with Gasteiger partial charge in [-0.2, -0.15) is 0 Å². The van der Waals surface area contributed by atoms with E-state index < -0.39 is 0 Å². The van der Waals surface area contributed by atoms with Gasteiger partial charge in [0.15, 0.2) is 0 Å². The zero-order valence-corrected chi connectivity index (χ0v) is 8.98. The second-order valence-electron chi connectivity index (χ2n) is 4.13. The molecule has 0 amide bonds. The van der Waals surface area contributed by atoms with E-state index in [0.29, 0.717) is 5.92 Å². The Labute approximate surface area is 90.3 Å². The molecule has 2 nitrogen and oxygen atoms in total. The van der Waals surface area contributed by atoms with E-state index in [-0.39, 0.29) is 5.92 Å². The molecular formula is C13H16O2. The number of carbonyl (C=O) groups is 1. The first-order valence-corrected chi connectivity index (χ1v) is 5.44. The minimum absolute atomic E-state index is 0.0876. The van der Waals surface area contributed by atoms with Crippen LogP contribution in [0.4, 0.5) is 0 Å². The molecule has 15 heavy (non-hydrogen) atoms. The molecule has 0 saturated heterocycles. The Morgan fingerprint density at radius 3 is 2.40 bits per heavy atom. The minimum Gasteiger partial charge on any atom is -0.497 e. The van der Waals surface area contributed by atoms with Gasteiger partial charge in [-0.3, -0.25) is 0 Å². The van der Waals surface area contributed by atoms with Crippen molar-refractivity contribution in [2.75, 3.05) is 7.11 Å². The van der Waals surface area contributed by atoms with Gasteiger partial charge in [0, 0.05) is 5.92 Å². The van der Waals surface area contributed by atoms with Crippen molar-refractivity contribution in [3.8, 4) is 5.75 Å². The summed E-state index contributed by atoms with van der Waals surface area (Å²) in [5.74, 6) is 1.50. The lowest BCUT2D eigenvalue weighted by Gasteiger charge is -2.30. The highest BCUT2D eigenvalue weighted by molar-refractivity contribution is 5.63. The highest BCUT2D eigenvalue weighted by Crippen LogP contribution is 2.38. The number of methoxy groups -OCH3 is 1. The van der Waals surface area contributed by atoms with Gasteiger partial charge >= 0.3 is 0 Å². The lowest BCUT2D eigenvalue weighted by molar-refractivity contribution is -0.110. The van der Waals surface area contributed by atoms with Gasteiger partial charge in [-0.1, -0.05) is 18.6 Å². The summed E-state index contributed by atoms with van der Waals surface area (Å²) < 4.78 is 5.10. The van der Waals surface area contributed by atoms with Crippen LogP contribution < -0.4 is 4.74 Å². The van der Waals surface area contributed by atoms with E-state index in [0.717, 1.165) is 17.6 Å². The van der Waals surface area contributed by atoms with Crippen LogP contribution in [0.1, 0.15) is 30.7 Å². The van der Waals surface area contributed by atoms with Gasteiger partial charge in [0.05, 0.1) is 7.11 Å². The van der Waals surface area contributed by atoms with Crippen molar-refractivity contribution < 1.29 is 9.53 Å². The molecule has 1 aromatic carbocycles. The first-order chi connectivity index (χ1) is 7.35. The fourth-order valence-corrected chi connectivity index (χ4v) is 2.09. The number of hydrogen-bond acceptors (Lipinski definition) is 2. The first kappa shape index (κ1) is 10.2. The number of hydrogen-bond donors (Lipinski definition) is 0. The van der Waals surface area contributed by atoms with E-state index in [1.807, 2.05) is 24.3 Å². The number of benzene rings is 1. The molecule has 1 fully saturated rings. The topological polar surface area (TPSA) is 26.3 Å². The van der Waals surface area contributed by atoms with Crippen molar-refractivity contribution in [1.82, 2.24) is 0 Å². The Hall–Kier alpha value is -1.31. The maximum absolute atomic E-state index is 11.1. The standard InChI is InChI=1S/C13H16O2/c1-15-12-7-5-11(6-8-12)13(9-14)10-3-2-4-10/h5-10,13H,2-4H2,1H3. The van der Waals surface area contributed by atoms with E-state index in [2.05, 4.69) is 0 Å². The fourth-order valence-electron chi connectivity index (χ4n) is 2.09. The third-order valence-corrected chi connectivity index (χ3v) is 3.31. The average molecular weight is 204 g/mol. The van der Waals surface area contributed by atoms with E-state index in [1.165, 1.54) is 19.3 Å². The lowest BCUT2D eigenvalue weighted by atomic mass is 9.74. The second-order valence-corrected chi connectivity index (χ2v) is 4.13. The number of ether oxygens (including phenoxy) is 1. The van der Waals surface area contributed by atoms with Gasteiger partial charge in [0.25, 0.3) is 0 Å². The minimum atomic E-state index is 0.0876. The van der Waals surface area contributed by atoms with E-state index >= 15 is 0 Å². The van der Waals surface area contributed by atoms with Gasteiger partial charge in [-0.25, -0.2) is 0 Å². The van der Waals surface area contributed by atoms with Crippen molar-refractivity contribution in [1.29, 1.82) is 0 Å². The summed E-state index contributed by atoms with van der Waals surface area (Å²) in [5, 5.41) is 0. The molecule has 1 aromatic rings. The highest BCUT2D eigenvalue weighted by atomic mass is 16.5. The molecule has 0 aromatic heterocycles. The SMILES string of the molecule is COc1ccc(C(C=O)C2CCC2)cc1. The molecule has 0 bridgehead atoms. The molecule has 0 radical (unpaired) electrons. The number of carbonyl (C=O) groups excluding carboxylic acids is 1. The van der Waals surface area contributed by atoms with Crippen LogP contribution in [-0.2, 0) is 4.79 Å². The molecular weight excluding hydrogens is 188 g/mol. The first-order valence-electron chi connectivity index (χ1n) is 5.44. The maximum atomic E-state index is 11.1. The third kappa shape index (κ3) is 2.04. The largest absolute Gasteiger partial charge is 0.497 e. The predicted octanol–water partition coefficient (Wildman–Crippen LogP) is 2.78. The van der Waals surface area contributed by atoms with Crippen LogP contribution in [0.25, 0.3) is 0 Å². The van der Waals surface area contributed by atoms with Crippen molar-refractivity contribution in [3.63, 3.8) is 0 Å². The molecule has 0 N–H and O–H groups in total. The predicted molar refractivity (Wildman–Crippen MR) is 59.1 cm³/mol. The molecule has 0 aliphatic heterocycles. The van der Waals surface area contributed by atoms with Crippen LogP contribution in [0.2, 0.25) is 0 Å². The Morgan fingerprint density at radius 2 is 2.00 bits per heavy atom. The fraction of sp³-hybridized carbons (Fsp3) is 0.462. The van der Waals surface area contributed by atoms with E-state index in [4.69, 9.17) is 4.74 Å². The van der Waals surface area contributed by atoms with Gasteiger partial charge < -0.3 is 9.53 Å². The molecule has 80 valence electrons. The van der Waals surface area contributed by atoms with Crippen LogP contribution >= 0.6 is 0 Å². The Morgan fingerprint density at radius 1 is 1.33 bits per heavy atom. The summed E-state index contributed by atoms with van der Waals surface area (Å²) >= 11 is 0.